The van der Waals surface area contributed by atoms with Gasteiger partial charge in [-0.15, -0.1) is 0 Å². The number of hydrogen-bond acceptors (Lipinski definition) is 8. The number of likely N-dealkylation sites (N-methyl/N-ethyl adjacent to an activating group) is 1. The first-order valence-corrected chi connectivity index (χ1v) is 19.6. The van der Waals surface area contributed by atoms with E-state index in [-0.39, 0.29) is 16.1 Å². The van der Waals surface area contributed by atoms with Crippen LogP contribution >= 0.6 is 46.4 Å². The quantitative estimate of drug-likeness (QED) is 0.178. The number of hydrogen-bond donors (Lipinski definition) is 1. The van der Waals surface area contributed by atoms with E-state index >= 15 is 0 Å². The number of piperazine rings is 2. The van der Waals surface area contributed by atoms with Crippen LogP contribution in [0.3, 0.4) is 0 Å². The van der Waals surface area contributed by atoms with Gasteiger partial charge in [0.2, 0.25) is 0 Å². The van der Waals surface area contributed by atoms with Crippen LogP contribution in [0.1, 0.15) is 18.6 Å². The van der Waals surface area contributed by atoms with E-state index in [1.807, 2.05) is 30.3 Å². The third-order valence-electron chi connectivity index (χ3n) is 10.4. The van der Waals surface area contributed by atoms with Gasteiger partial charge < -0.3 is 10.2 Å². The van der Waals surface area contributed by atoms with Crippen molar-refractivity contribution in [3.8, 4) is 22.5 Å². The van der Waals surface area contributed by atoms with Gasteiger partial charge in [-0.25, -0.2) is 9.97 Å². The van der Waals surface area contributed by atoms with E-state index in [4.69, 9.17) is 56.4 Å². The van der Waals surface area contributed by atoms with E-state index in [1.54, 1.807) is 51.6 Å². The molecular weight excluding hydrogens is 766 g/mol. The van der Waals surface area contributed by atoms with Gasteiger partial charge in [-0.1, -0.05) is 83.7 Å². The lowest BCUT2D eigenvalue weighted by atomic mass is 10.0. The van der Waals surface area contributed by atoms with Crippen LogP contribution in [-0.2, 0) is 13.1 Å². The van der Waals surface area contributed by atoms with Gasteiger partial charge >= 0.3 is 0 Å². The molecule has 278 valence electrons. The molecule has 54 heavy (non-hydrogen) atoms. The van der Waals surface area contributed by atoms with Gasteiger partial charge in [-0.05, 0) is 54.6 Å². The predicted octanol–water partition coefficient (Wildman–Crippen LogP) is 6.91. The highest BCUT2D eigenvalue weighted by Gasteiger charge is 2.25. The summed E-state index contributed by atoms with van der Waals surface area (Å²) in [6, 6.07) is 21.5. The number of fused-ring (bicyclic) bond motifs is 2. The Morgan fingerprint density at radius 1 is 0.611 bits per heavy atom. The SMILES string of the molecule is CCN1CCN(Cc2nc3ccc(-c4ccc(Cl)c(-n5c(CN6CCNCC6)nc6ccccc6c5=O)c4Cl)cc3c(=O)n2-c2c(Cl)cccc2Cl)CC1. The summed E-state index contributed by atoms with van der Waals surface area (Å²) in [5.74, 6) is 1.08. The summed E-state index contributed by atoms with van der Waals surface area (Å²) in [5.41, 5.74) is 2.52. The summed E-state index contributed by atoms with van der Waals surface area (Å²) >= 11 is 27.7. The van der Waals surface area contributed by atoms with Gasteiger partial charge in [0.25, 0.3) is 11.1 Å². The van der Waals surface area contributed by atoms with Crippen molar-refractivity contribution in [1.82, 2.24) is 39.1 Å². The first-order valence-electron chi connectivity index (χ1n) is 18.1. The maximum absolute atomic E-state index is 14.7. The molecule has 0 atom stereocenters. The fourth-order valence-electron chi connectivity index (χ4n) is 7.46. The predicted molar refractivity (Wildman–Crippen MR) is 219 cm³/mol. The van der Waals surface area contributed by atoms with Crippen LogP contribution in [0.4, 0.5) is 0 Å². The molecule has 10 nitrogen and oxygen atoms in total. The number of nitrogens with zero attached hydrogens (tertiary/aromatic N) is 7. The molecule has 1 N–H and O–H groups in total. The highest BCUT2D eigenvalue weighted by Crippen LogP contribution is 2.38. The molecule has 2 fully saturated rings. The van der Waals surface area contributed by atoms with Crippen molar-refractivity contribution in [1.29, 1.82) is 0 Å². The van der Waals surface area contributed by atoms with E-state index in [9.17, 15) is 9.59 Å². The molecule has 2 aliphatic rings. The Bertz CT molecular complexity index is 2490. The molecule has 4 heterocycles. The summed E-state index contributed by atoms with van der Waals surface area (Å²) in [4.78, 5) is 45.9. The second-order valence-corrected chi connectivity index (χ2v) is 15.3. The summed E-state index contributed by atoms with van der Waals surface area (Å²) in [7, 11) is 0. The summed E-state index contributed by atoms with van der Waals surface area (Å²) in [6.07, 6.45) is 0. The minimum absolute atomic E-state index is 0.257. The van der Waals surface area contributed by atoms with E-state index in [0.29, 0.717) is 84.1 Å². The van der Waals surface area contributed by atoms with Gasteiger partial charge in [-0.2, -0.15) is 0 Å². The van der Waals surface area contributed by atoms with Crippen LogP contribution in [0.15, 0.2) is 82.4 Å². The number of para-hydroxylation sites is 2. The molecule has 0 unspecified atom stereocenters. The molecule has 8 rings (SSSR count). The van der Waals surface area contributed by atoms with Crippen molar-refractivity contribution < 1.29 is 0 Å². The van der Waals surface area contributed by atoms with Crippen LogP contribution in [-0.4, -0.2) is 92.7 Å². The Hall–Kier alpha value is -3.84. The lowest BCUT2D eigenvalue weighted by molar-refractivity contribution is 0.129. The van der Waals surface area contributed by atoms with E-state index in [2.05, 4.69) is 26.9 Å². The monoisotopic (exact) mass is 802 g/mol. The highest BCUT2D eigenvalue weighted by molar-refractivity contribution is 6.40. The van der Waals surface area contributed by atoms with Crippen LogP contribution < -0.4 is 16.4 Å². The van der Waals surface area contributed by atoms with Gasteiger partial charge in [0.1, 0.15) is 11.6 Å². The summed E-state index contributed by atoms with van der Waals surface area (Å²) in [6.45, 7) is 10.9. The Labute approximate surface area is 332 Å². The second-order valence-electron chi connectivity index (χ2n) is 13.7. The van der Waals surface area contributed by atoms with Crippen molar-refractivity contribution in [2.75, 3.05) is 58.9 Å². The number of benzene rings is 4. The van der Waals surface area contributed by atoms with Crippen molar-refractivity contribution in [3.63, 3.8) is 0 Å². The first kappa shape index (κ1) is 37.1. The molecule has 0 spiro atoms. The first-order chi connectivity index (χ1) is 26.2. The minimum atomic E-state index is -0.308. The van der Waals surface area contributed by atoms with E-state index < -0.39 is 0 Å². The molecule has 0 radical (unpaired) electrons. The number of rotatable bonds is 8. The topological polar surface area (TPSA) is 91.5 Å². The lowest BCUT2D eigenvalue weighted by Crippen LogP contribution is -2.46. The van der Waals surface area contributed by atoms with Crippen LogP contribution in [0.2, 0.25) is 20.1 Å². The fraction of sp³-hybridized carbons (Fsp3) is 0.300. The molecule has 6 aromatic rings. The van der Waals surface area contributed by atoms with Crippen molar-refractivity contribution in [2.24, 2.45) is 0 Å². The number of halogens is 4. The Balaban J connectivity index is 1.27. The van der Waals surface area contributed by atoms with E-state index in [1.165, 1.54) is 0 Å². The largest absolute Gasteiger partial charge is 0.314 e. The third kappa shape index (κ3) is 7.06. The molecule has 0 saturated carbocycles. The molecular formula is C40H38Cl4N8O2. The average Bonchev–Trinajstić information content (AvgIpc) is 3.18. The zero-order chi connectivity index (χ0) is 37.5. The average molecular weight is 805 g/mol. The zero-order valence-corrected chi connectivity index (χ0v) is 32.7. The van der Waals surface area contributed by atoms with Gasteiger partial charge in [0.05, 0.1) is 66.4 Å². The molecule has 0 bridgehead atoms. The molecule has 14 heteroatoms. The minimum Gasteiger partial charge on any atom is -0.314 e. The summed E-state index contributed by atoms with van der Waals surface area (Å²) < 4.78 is 3.08. The molecule has 2 saturated heterocycles. The van der Waals surface area contributed by atoms with E-state index in [0.717, 1.165) is 58.9 Å². The second kappa shape index (κ2) is 15.7. The van der Waals surface area contributed by atoms with Gasteiger partial charge in [0.15, 0.2) is 0 Å². The standard InChI is InChI=1S/C40H38Cl4N8O2/c1-2-48-18-20-50(21-19-48)24-34-47-33-13-10-25(22-28(33)40(54)51(34)37-29(41)7-5-8-30(37)42)26-11-12-31(43)38(36(26)44)52-35(23-49-16-14-45-15-17-49)46-32-9-4-3-6-27(32)39(52)53/h3-13,22,45H,2,14-21,23-24H2,1H3. The van der Waals surface area contributed by atoms with Crippen LogP contribution in [0.5, 0.6) is 0 Å². The fourth-order valence-corrected chi connectivity index (χ4v) is 8.67. The zero-order valence-electron chi connectivity index (χ0n) is 29.7. The van der Waals surface area contributed by atoms with Crippen molar-refractivity contribution in [2.45, 2.75) is 20.0 Å². The van der Waals surface area contributed by atoms with Crippen LogP contribution in [0, 0.1) is 0 Å². The molecule has 2 aliphatic heterocycles. The summed E-state index contributed by atoms with van der Waals surface area (Å²) in [5, 5.41) is 5.43. The molecule has 0 aliphatic carbocycles. The van der Waals surface area contributed by atoms with Gasteiger partial charge in [-0.3, -0.25) is 28.5 Å². The van der Waals surface area contributed by atoms with Crippen molar-refractivity contribution in [3.05, 3.63) is 125 Å². The molecule has 4 aromatic carbocycles. The Kier molecular flexibility index (Phi) is 10.8. The smallest absolute Gasteiger partial charge is 0.266 e. The van der Waals surface area contributed by atoms with Crippen LogP contribution in [0.25, 0.3) is 44.3 Å². The maximum Gasteiger partial charge on any atom is 0.266 e. The Morgan fingerprint density at radius 2 is 1.19 bits per heavy atom. The number of nitrogens with one attached hydrogen (secondary N) is 1. The molecule has 0 amide bonds. The van der Waals surface area contributed by atoms with Crippen molar-refractivity contribution >= 4 is 68.2 Å². The third-order valence-corrected chi connectivity index (χ3v) is 11.7. The maximum atomic E-state index is 14.7. The number of aromatic nitrogens is 4. The Morgan fingerprint density at radius 3 is 1.87 bits per heavy atom. The van der Waals surface area contributed by atoms with Gasteiger partial charge in [0, 0.05) is 57.9 Å². The lowest BCUT2D eigenvalue weighted by Gasteiger charge is -2.34. The normalized spacial score (nSPS) is 16.1. The highest BCUT2D eigenvalue weighted by atomic mass is 35.5. The molecule has 2 aromatic heterocycles.